The van der Waals surface area contributed by atoms with Crippen LogP contribution in [-0.4, -0.2) is 0 Å². The van der Waals surface area contributed by atoms with E-state index in [2.05, 4.69) is 24.5 Å². The number of halogens is 1. The fraction of sp³-hybridized carbons (Fsp3) is 0. The van der Waals surface area contributed by atoms with Crippen LogP contribution < -0.4 is 0 Å². The largest absolute Gasteiger partial charge is 0.142 e. The van der Waals surface area contributed by atoms with Gasteiger partial charge in [-0.25, -0.2) is 0 Å². The van der Waals surface area contributed by atoms with Crippen molar-refractivity contribution >= 4 is 24.2 Å². The van der Waals surface area contributed by atoms with E-state index in [1.807, 2.05) is 0 Å². The Morgan fingerprint density at radius 1 is 1.17 bits per heavy atom. The molecule has 0 unspecified atom stereocenters. The molecule has 2 heteroatoms. The van der Waals surface area contributed by atoms with Gasteiger partial charge in [0.15, 0.2) is 0 Å². The van der Waals surface area contributed by atoms with E-state index in [1.165, 1.54) is 0 Å². The Hall–Kier alpha value is -1.02. The molecule has 0 atom stereocenters. The first-order valence-corrected chi connectivity index (χ1v) is 3.97. The molecule has 1 aromatic rings. The Morgan fingerprint density at radius 2 is 1.75 bits per heavy atom. The van der Waals surface area contributed by atoms with Gasteiger partial charge in [0.05, 0.1) is 5.02 Å². The SMILES string of the molecule is C#Cc1cc(Cl)c(C#C)cc1S. The van der Waals surface area contributed by atoms with Gasteiger partial charge in [-0.15, -0.1) is 25.5 Å². The second-order valence-electron chi connectivity index (χ2n) is 2.14. The molecule has 0 aliphatic carbocycles. The van der Waals surface area contributed by atoms with Crippen LogP contribution in [0.15, 0.2) is 17.0 Å². The maximum atomic E-state index is 5.81. The lowest BCUT2D eigenvalue weighted by atomic mass is 10.1. The Kier molecular flexibility index (Phi) is 2.71. The molecule has 0 nitrogen and oxygen atoms in total. The summed E-state index contributed by atoms with van der Waals surface area (Å²) in [6.45, 7) is 0. The van der Waals surface area contributed by atoms with Gasteiger partial charge in [-0.1, -0.05) is 23.4 Å². The van der Waals surface area contributed by atoms with Crippen molar-refractivity contribution in [2.24, 2.45) is 0 Å². The van der Waals surface area contributed by atoms with Gasteiger partial charge in [0.2, 0.25) is 0 Å². The monoisotopic (exact) mass is 192 g/mol. The second kappa shape index (κ2) is 3.59. The number of terminal acetylenes is 2. The van der Waals surface area contributed by atoms with Crippen LogP contribution in [0.2, 0.25) is 5.02 Å². The number of benzene rings is 1. The van der Waals surface area contributed by atoms with E-state index in [0.717, 1.165) is 0 Å². The predicted molar refractivity (Wildman–Crippen MR) is 54.6 cm³/mol. The first-order chi connectivity index (χ1) is 5.69. The first-order valence-electron chi connectivity index (χ1n) is 3.14. The topological polar surface area (TPSA) is 0 Å². The summed E-state index contributed by atoms with van der Waals surface area (Å²) in [7, 11) is 0. The fourth-order valence-corrected chi connectivity index (χ4v) is 1.26. The minimum Gasteiger partial charge on any atom is -0.142 e. The van der Waals surface area contributed by atoms with Gasteiger partial charge in [-0.3, -0.25) is 0 Å². The quantitative estimate of drug-likeness (QED) is 0.474. The van der Waals surface area contributed by atoms with E-state index in [4.69, 9.17) is 24.4 Å². The lowest BCUT2D eigenvalue weighted by Crippen LogP contribution is -1.82. The number of rotatable bonds is 0. The maximum absolute atomic E-state index is 5.81. The van der Waals surface area contributed by atoms with Gasteiger partial charge in [-0.05, 0) is 12.1 Å². The minimum atomic E-state index is 0.489. The smallest absolute Gasteiger partial charge is 0.0575 e. The molecule has 58 valence electrons. The highest BCUT2D eigenvalue weighted by Gasteiger charge is 2.01. The van der Waals surface area contributed by atoms with Crippen LogP contribution in [0, 0.1) is 24.7 Å². The summed E-state index contributed by atoms with van der Waals surface area (Å²) in [6.07, 6.45) is 10.4. The molecule has 0 bridgehead atoms. The molecule has 1 aromatic carbocycles. The zero-order valence-corrected chi connectivity index (χ0v) is 7.78. The van der Waals surface area contributed by atoms with E-state index in [1.54, 1.807) is 12.1 Å². The standard InChI is InChI=1S/C10H5ClS/c1-3-7-6-10(12)8(4-2)5-9(7)11/h1-2,5-6,12H. The number of thiol groups is 1. The molecule has 0 saturated heterocycles. The Balaban J connectivity index is 3.41. The molecule has 0 aromatic heterocycles. The van der Waals surface area contributed by atoms with Gasteiger partial charge in [0.1, 0.15) is 0 Å². The molecular weight excluding hydrogens is 188 g/mol. The Bertz CT molecular complexity index is 354. The fourth-order valence-electron chi connectivity index (χ4n) is 0.788. The van der Waals surface area contributed by atoms with Gasteiger partial charge >= 0.3 is 0 Å². The summed E-state index contributed by atoms with van der Waals surface area (Å²) < 4.78 is 0. The molecule has 0 aliphatic rings. The molecule has 0 fully saturated rings. The van der Waals surface area contributed by atoms with E-state index in [-0.39, 0.29) is 0 Å². The number of hydrogen-bond acceptors (Lipinski definition) is 1. The summed E-state index contributed by atoms with van der Waals surface area (Å²) in [5.74, 6) is 4.90. The van der Waals surface area contributed by atoms with Gasteiger partial charge in [-0.2, -0.15) is 0 Å². The van der Waals surface area contributed by atoms with Crippen molar-refractivity contribution in [1.29, 1.82) is 0 Å². The highest BCUT2D eigenvalue weighted by atomic mass is 35.5. The Labute approximate surface area is 82.3 Å². The van der Waals surface area contributed by atoms with Crippen LogP contribution in [0.4, 0.5) is 0 Å². The molecule has 0 radical (unpaired) electrons. The van der Waals surface area contributed by atoms with Crippen LogP contribution in [0.3, 0.4) is 0 Å². The summed E-state index contributed by atoms with van der Waals surface area (Å²) in [4.78, 5) is 0.676. The van der Waals surface area contributed by atoms with E-state index in [9.17, 15) is 0 Å². The van der Waals surface area contributed by atoms with Crippen LogP contribution in [0.25, 0.3) is 0 Å². The molecule has 0 N–H and O–H groups in total. The van der Waals surface area contributed by atoms with Crippen LogP contribution in [0.5, 0.6) is 0 Å². The minimum absolute atomic E-state index is 0.489. The highest BCUT2D eigenvalue weighted by Crippen LogP contribution is 2.22. The predicted octanol–water partition coefficient (Wildman–Crippen LogP) is 2.59. The molecule has 1 rings (SSSR count). The van der Waals surface area contributed by atoms with E-state index in [0.29, 0.717) is 21.0 Å². The van der Waals surface area contributed by atoms with Crippen molar-refractivity contribution < 1.29 is 0 Å². The molecule has 0 saturated carbocycles. The van der Waals surface area contributed by atoms with Crippen LogP contribution in [0.1, 0.15) is 11.1 Å². The summed E-state index contributed by atoms with van der Waals surface area (Å²) in [5.41, 5.74) is 1.27. The highest BCUT2D eigenvalue weighted by molar-refractivity contribution is 7.80. The average molecular weight is 193 g/mol. The van der Waals surface area contributed by atoms with Gasteiger partial charge in [0.25, 0.3) is 0 Å². The van der Waals surface area contributed by atoms with Crippen LogP contribution >= 0.6 is 24.2 Å². The molecule has 12 heavy (non-hydrogen) atoms. The van der Waals surface area contributed by atoms with Crippen LogP contribution in [-0.2, 0) is 0 Å². The van der Waals surface area contributed by atoms with E-state index < -0.39 is 0 Å². The van der Waals surface area contributed by atoms with Crippen molar-refractivity contribution in [1.82, 2.24) is 0 Å². The van der Waals surface area contributed by atoms with Crippen molar-refractivity contribution in [3.05, 3.63) is 28.3 Å². The number of hydrogen-bond donors (Lipinski definition) is 1. The zero-order valence-electron chi connectivity index (χ0n) is 6.13. The lowest BCUT2D eigenvalue weighted by molar-refractivity contribution is 1.41. The van der Waals surface area contributed by atoms with Crippen molar-refractivity contribution in [2.75, 3.05) is 0 Å². The van der Waals surface area contributed by atoms with Crippen molar-refractivity contribution in [3.63, 3.8) is 0 Å². The average Bonchev–Trinajstić information content (AvgIpc) is 2.08. The van der Waals surface area contributed by atoms with Gasteiger partial charge < -0.3 is 0 Å². The van der Waals surface area contributed by atoms with Crippen molar-refractivity contribution in [2.45, 2.75) is 4.90 Å². The second-order valence-corrected chi connectivity index (χ2v) is 3.03. The summed E-state index contributed by atoms with van der Waals surface area (Å²) in [6, 6.07) is 3.32. The maximum Gasteiger partial charge on any atom is 0.0575 e. The molecule has 0 spiro atoms. The summed E-state index contributed by atoms with van der Waals surface area (Å²) >= 11 is 9.96. The third-order valence-electron chi connectivity index (χ3n) is 1.40. The molecule has 0 heterocycles. The third-order valence-corrected chi connectivity index (χ3v) is 2.08. The lowest BCUT2D eigenvalue weighted by Gasteiger charge is -2.00. The molecule has 0 amide bonds. The first kappa shape index (κ1) is 9.07. The van der Waals surface area contributed by atoms with Gasteiger partial charge in [0, 0.05) is 16.0 Å². The summed E-state index contributed by atoms with van der Waals surface area (Å²) in [5, 5.41) is 0.489. The zero-order chi connectivity index (χ0) is 9.14. The van der Waals surface area contributed by atoms with Crippen molar-refractivity contribution in [3.8, 4) is 24.7 Å². The third kappa shape index (κ3) is 1.59. The van der Waals surface area contributed by atoms with E-state index >= 15 is 0 Å². The molecular formula is C10H5ClS. The molecule has 0 aliphatic heterocycles. The normalized spacial score (nSPS) is 8.67. The Morgan fingerprint density at radius 3 is 2.25 bits per heavy atom.